The van der Waals surface area contributed by atoms with E-state index in [2.05, 4.69) is 19.6 Å². The van der Waals surface area contributed by atoms with Crippen LogP contribution in [-0.2, 0) is 6.18 Å². The Labute approximate surface area is 163 Å². The predicted molar refractivity (Wildman–Crippen MR) is 93.9 cm³/mol. The van der Waals surface area contributed by atoms with Gasteiger partial charge in [-0.15, -0.1) is 0 Å². The first-order chi connectivity index (χ1) is 13.9. The van der Waals surface area contributed by atoms with Crippen LogP contribution < -0.4 is 4.74 Å². The van der Waals surface area contributed by atoms with Crippen molar-refractivity contribution in [3.63, 3.8) is 0 Å². The quantitative estimate of drug-likeness (QED) is 0.663. The second kappa shape index (κ2) is 7.53. The fraction of sp³-hybridized carbons (Fsp3) is 0.263. The first-order valence-corrected chi connectivity index (χ1v) is 8.77. The Morgan fingerprint density at radius 1 is 1.24 bits per heavy atom. The van der Waals surface area contributed by atoms with Gasteiger partial charge >= 0.3 is 12.1 Å². The summed E-state index contributed by atoms with van der Waals surface area (Å²) in [5.74, 6) is -1.26. The monoisotopic (exact) mass is 404 g/mol. The van der Waals surface area contributed by atoms with E-state index >= 15 is 0 Å². The fourth-order valence-electron chi connectivity index (χ4n) is 3.04. The number of hydrogen-bond acceptors (Lipinski definition) is 6. The molecule has 3 aromatic rings. The zero-order valence-electron chi connectivity index (χ0n) is 15.0. The molecule has 0 aliphatic carbocycles. The molecule has 0 unspecified atom stereocenters. The third-order valence-electron chi connectivity index (χ3n) is 4.40. The first kappa shape index (κ1) is 18.9. The number of carbonyl (C=O) groups excluding carboxylic acids is 1. The van der Waals surface area contributed by atoms with Crippen LogP contribution in [0.3, 0.4) is 0 Å². The molecule has 1 amide bonds. The molecule has 1 saturated heterocycles. The van der Waals surface area contributed by atoms with Crippen molar-refractivity contribution < 1.29 is 27.2 Å². The average Bonchev–Trinajstić information content (AvgIpc) is 3.38. The second-order valence-electron chi connectivity index (χ2n) is 6.47. The van der Waals surface area contributed by atoms with Crippen LogP contribution >= 0.6 is 0 Å². The van der Waals surface area contributed by atoms with Crippen LogP contribution in [0.4, 0.5) is 13.2 Å². The van der Waals surface area contributed by atoms with Gasteiger partial charge in [-0.3, -0.25) is 9.78 Å². The van der Waals surface area contributed by atoms with Crippen molar-refractivity contribution in [3.05, 3.63) is 60.2 Å². The van der Waals surface area contributed by atoms with Gasteiger partial charge in [0.15, 0.2) is 0 Å². The number of nitrogens with zero attached hydrogens (tertiary/aromatic N) is 4. The van der Waals surface area contributed by atoms with Crippen molar-refractivity contribution in [2.75, 3.05) is 13.1 Å². The molecule has 7 nitrogen and oxygen atoms in total. The lowest BCUT2D eigenvalue weighted by Gasteiger charge is -2.17. The molecule has 0 bridgehead atoms. The summed E-state index contributed by atoms with van der Waals surface area (Å²) in [6, 6.07) is 9.81. The maximum atomic E-state index is 12.6. The van der Waals surface area contributed by atoms with Gasteiger partial charge in [0, 0.05) is 30.9 Å². The maximum absolute atomic E-state index is 12.6. The van der Waals surface area contributed by atoms with Gasteiger partial charge in [0.1, 0.15) is 11.9 Å². The van der Waals surface area contributed by atoms with Crippen LogP contribution in [-0.4, -0.2) is 45.1 Å². The number of benzene rings is 1. The Bertz CT molecular complexity index is 1010. The normalized spacial score (nSPS) is 16.8. The van der Waals surface area contributed by atoms with Crippen molar-refractivity contribution in [1.82, 2.24) is 20.0 Å². The molecule has 3 heterocycles. The molecule has 150 valence electrons. The molecule has 0 saturated carbocycles. The summed E-state index contributed by atoms with van der Waals surface area (Å²) >= 11 is 0. The number of pyridine rings is 1. The summed E-state index contributed by atoms with van der Waals surface area (Å²) < 4.78 is 48.1. The standard InChI is InChI=1S/C19H15F3N4O3/c20-19(21,22)18-24-16(25-29-18)12-3-1-5-14(9-12)28-15-6-8-26(11-15)17(27)13-4-2-7-23-10-13/h1-5,7,9-10,15H,6,8,11H2/t15-/m0/s1. The molecule has 0 radical (unpaired) electrons. The molecule has 1 aliphatic rings. The second-order valence-corrected chi connectivity index (χ2v) is 6.47. The van der Waals surface area contributed by atoms with E-state index in [1.807, 2.05) is 0 Å². The van der Waals surface area contributed by atoms with Crippen molar-refractivity contribution in [2.24, 2.45) is 0 Å². The summed E-state index contributed by atoms with van der Waals surface area (Å²) in [6.45, 7) is 0.941. The van der Waals surface area contributed by atoms with Crippen molar-refractivity contribution >= 4 is 5.91 Å². The molecule has 1 aromatic carbocycles. The first-order valence-electron chi connectivity index (χ1n) is 8.77. The molecular weight excluding hydrogens is 389 g/mol. The minimum absolute atomic E-state index is 0.121. The largest absolute Gasteiger partial charge is 0.488 e. The van der Waals surface area contributed by atoms with E-state index in [-0.39, 0.29) is 17.8 Å². The van der Waals surface area contributed by atoms with Crippen LogP contribution in [0, 0.1) is 0 Å². The summed E-state index contributed by atoms with van der Waals surface area (Å²) in [5.41, 5.74) is 0.843. The molecule has 1 fully saturated rings. The lowest BCUT2D eigenvalue weighted by atomic mass is 10.2. The highest BCUT2D eigenvalue weighted by atomic mass is 19.4. The van der Waals surface area contributed by atoms with E-state index in [1.54, 1.807) is 41.4 Å². The Morgan fingerprint density at radius 3 is 2.83 bits per heavy atom. The minimum Gasteiger partial charge on any atom is -0.488 e. The van der Waals surface area contributed by atoms with E-state index in [0.717, 1.165) is 0 Å². The predicted octanol–water partition coefficient (Wildman–Crippen LogP) is 3.44. The summed E-state index contributed by atoms with van der Waals surface area (Å²) in [6.07, 6.45) is -1.19. The highest BCUT2D eigenvalue weighted by Crippen LogP contribution is 2.30. The third-order valence-corrected chi connectivity index (χ3v) is 4.40. The lowest BCUT2D eigenvalue weighted by molar-refractivity contribution is -0.159. The summed E-state index contributed by atoms with van der Waals surface area (Å²) in [4.78, 5) is 21.5. The number of ether oxygens (including phenoxy) is 1. The molecule has 29 heavy (non-hydrogen) atoms. The van der Waals surface area contributed by atoms with Crippen LogP contribution in [0.1, 0.15) is 22.7 Å². The van der Waals surface area contributed by atoms with Gasteiger partial charge in [0.05, 0.1) is 12.1 Å². The number of rotatable bonds is 4. The smallest absolute Gasteiger partial charge is 0.471 e. The molecule has 10 heteroatoms. The zero-order chi connectivity index (χ0) is 20.4. The number of carbonyl (C=O) groups is 1. The van der Waals surface area contributed by atoms with Crippen molar-refractivity contribution in [3.8, 4) is 17.1 Å². The van der Waals surface area contributed by atoms with Crippen LogP contribution in [0.25, 0.3) is 11.4 Å². The van der Waals surface area contributed by atoms with Crippen LogP contribution in [0.2, 0.25) is 0 Å². The van der Waals surface area contributed by atoms with Gasteiger partial charge in [0.2, 0.25) is 5.82 Å². The minimum atomic E-state index is -4.70. The number of amides is 1. The topological polar surface area (TPSA) is 81.4 Å². The van der Waals surface area contributed by atoms with E-state index in [4.69, 9.17) is 4.74 Å². The molecule has 2 aromatic heterocycles. The number of hydrogen-bond donors (Lipinski definition) is 0. The molecule has 4 rings (SSSR count). The highest BCUT2D eigenvalue weighted by Gasteiger charge is 2.38. The number of aromatic nitrogens is 3. The van der Waals surface area contributed by atoms with Gasteiger partial charge in [0.25, 0.3) is 5.91 Å². The highest BCUT2D eigenvalue weighted by molar-refractivity contribution is 5.94. The van der Waals surface area contributed by atoms with Crippen LogP contribution in [0.5, 0.6) is 5.75 Å². The van der Waals surface area contributed by atoms with E-state index in [9.17, 15) is 18.0 Å². The van der Waals surface area contributed by atoms with Gasteiger partial charge in [-0.05, 0) is 24.3 Å². The summed E-state index contributed by atoms with van der Waals surface area (Å²) in [5, 5.41) is 3.37. The average molecular weight is 404 g/mol. The van der Waals surface area contributed by atoms with E-state index < -0.39 is 12.1 Å². The SMILES string of the molecule is O=C(c1cccnc1)N1CC[C@H](Oc2cccc(-c3noc(C(F)(F)F)n3)c2)C1. The zero-order valence-corrected chi connectivity index (χ0v) is 15.0. The fourth-order valence-corrected chi connectivity index (χ4v) is 3.04. The Morgan fingerprint density at radius 2 is 2.10 bits per heavy atom. The Hall–Kier alpha value is -3.43. The van der Waals surface area contributed by atoms with Crippen molar-refractivity contribution in [2.45, 2.75) is 18.7 Å². The molecule has 1 aliphatic heterocycles. The van der Waals surface area contributed by atoms with Gasteiger partial charge in [-0.1, -0.05) is 17.3 Å². The number of halogens is 3. The van der Waals surface area contributed by atoms with Crippen LogP contribution in [0.15, 0.2) is 53.3 Å². The van der Waals surface area contributed by atoms with Gasteiger partial charge in [-0.25, -0.2) is 0 Å². The maximum Gasteiger partial charge on any atom is 0.471 e. The molecule has 0 N–H and O–H groups in total. The molecule has 0 spiro atoms. The Kier molecular flexibility index (Phi) is 4.91. The van der Waals surface area contributed by atoms with E-state index in [1.165, 1.54) is 12.3 Å². The molecular formula is C19H15F3N4O3. The van der Waals surface area contributed by atoms with Gasteiger partial charge in [-0.2, -0.15) is 18.2 Å². The number of likely N-dealkylation sites (tertiary alicyclic amines) is 1. The van der Waals surface area contributed by atoms with Gasteiger partial charge < -0.3 is 14.2 Å². The molecule has 1 atom stereocenters. The number of alkyl halides is 3. The third kappa shape index (κ3) is 4.20. The Balaban J connectivity index is 1.42. The summed E-state index contributed by atoms with van der Waals surface area (Å²) in [7, 11) is 0. The van der Waals surface area contributed by atoms with E-state index in [0.29, 0.717) is 36.4 Å². The lowest BCUT2D eigenvalue weighted by Crippen LogP contribution is -2.31. The van der Waals surface area contributed by atoms with Crippen molar-refractivity contribution in [1.29, 1.82) is 0 Å².